The zero-order chi connectivity index (χ0) is 12.3. The summed E-state index contributed by atoms with van der Waals surface area (Å²) in [5.74, 6) is 0. The van der Waals surface area contributed by atoms with Crippen LogP contribution in [0.15, 0.2) is 33.4 Å². The van der Waals surface area contributed by atoms with Crippen LogP contribution >= 0.6 is 34.0 Å². The van der Waals surface area contributed by atoms with Crippen molar-refractivity contribution in [3.8, 4) is 0 Å². The second-order valence-corrected chi connectivity index (χ2v) is 4.77. The molecular formula is C16H24Br2Ti. The van der Waals surface area contributed by atoms with Crippen molar-refractivity contribution in [3.05, 3.63) is 45.6 Å². The third-order valence-corrected chi connectivity index (χ3v) is 3.64. The topological polar surface area (TPSA) is 0 Å². The van der Waals surface area contributed by atoms with Crippen molar-refractivity contribution < 1.29 is 21.7 Å². The Bertz CT molecular complexity index is 361. The van der Waals surface area contributed by atoms with Crippen molar-refractivity contribution in [1.82, 2.24) is 0 Å². The molecule has 2 aliphatic rings. The Morgan fingerprint density at radius 1 is 0.632 bits per heavy atom. The zero-order valence-corrected chi connectivity index (χ0v) is 17.7. The molecule has 0 aromatic heterocycles. The van der Waals surface area contributed by atoms with E-state index in [0.29, 0.717) is 0 Å². The third-order valence-electron chi connectivity index (χ3n) is 3.64. The first-order chi connectivity index (χ1) is 7.43. The quantitative estimate of drug-likeness (QED) is 0.326. The van der Waals surface area contributed by atoms with Gasteiger partial charge >= 0.3 is 21.7 Å². The van der Waals surface area contributed by atoms with Gasteiger partial charge in [0.15, 0.2) is 0 Å². The largest absolute Gasteiger partial charge is 2.00 e. The Balaban J connectivity index is -0.000000233. The minimum absolute atomic E-state index is 0. The van der Waals surface area contributed by atoms with E-state index < -0.39 is 0 Å². The maximum Gasteiger partial charge on any atom is 2.00 e. The fourth-order valence-corrected chi connectivity index (χ4v) is 1.70. The van der Waals surface area contributed by atoms with Gasteiger partial charge < -0.3 is 0 Å². The number of halogens is 2. The van der Waals surface area contributed by atoms with Gasteiger partial charge in [-0.1, -0.05) is 27.7 Å². The van der Waals surface area contributed by atoms with Gasteiger partial charge in [-0.05, 0) is 0 Å². The van der Waals surface area contributed by atoms with Crippen molar-refractivity contribution in [1.29, 1.82) is 0 Å². The normalized spacial score (nSPS) is 16.5. The van der Waals surface area contributed by atoms with Gasteiger partial charge in [0.25, 0.3) is 0 Å². The van der Waals surface area contributed by atoms with E-state index in [9.17, 15) is 0 Å². The molecule has 0 aliphatic heterocycles. The number of allylic oxidation sites excluding steroid dienone is 8. The van der Waals surface area contributed by atoms with Crippen molar-refractivity contribution in [2.75, 3.05) is 0 Å². The summed E-state index contributed by atoms with van der Waals surface area (Å²) in [5.41, 5.74) is 8.49. The van der Waals surface area contributed by atoms with Gasteiger partial charge in [-0.3, -0.25) is 12.2 Å². The Kier molecular flexibility index (Phi) is 14.7. The van der Waals surface area contributed by atoms with Crippen LogP contribution < -0.4 is 0 Å². The van der Waals surface area contributed by atoms with E-state index in [1.807, 2.05) is 0 Å². The minimum atomic E-state index is 0. The standard InChI is InChI=1S/2C8H11.2BrH.Ti/c2*1-6-4-5-7(2)8(6)3;;;/h2*4H2,1-3H3;2*1H;/q2*-1;;;+2. The molecule has 0 N–H and O–H groups in total. The van der Waals surface area contributed by atoms with E-state index in [1.54, 1.807) is 0 Å². The molecule has 0 heterocycles. The van der Waals surface area contributed by atoms with Crippen LogP contribution in [-0.4, -0.2) is 0 Å². The molecule has 106 valence electrons. The van der Waals surface area contributed by atoms with Crippen LogP contribution in [0.1, 0.15) is 54.4 Å². The smallest absolute Gasteiger partial charge is 0.269 e. The summed E-state index contributed by atoms with van der Waals surface area (Å²) in [4.78, 5) is 0. The number of rotatable bonds is 0. The van der Waals surface area contributed by atoms with Crippen molar-refractivity contribution in [2.45, 2.75) is 54.4 Å². The molecular weight excluding hydrogens is 400 g/mol. The molecule has 0 aromatic carbocycles. The van der Waals surface area contributed by atoms with Gasteiger partial charge in [0.1, 0.15) is 0 Å². The summed E-state index contributed by atoms with van der Waals surface area (Å²) in [7, 11) is 0. The molecule has 0 saturated heterocycles. The molecule has 0 radical (unpaired) electrons. The Morgan fingerprint density at radius 3 is 0.947 bits per heavy atom. The summed E-state index contributed by atoms with van der Waals surface area (Å²) < 4.78 is 0. The number of hydrogen-bond donors (Lipinski definition) is 0. The molecule has 19 heavy (non-hydrogen) atoms. The van der Waals surface area contributed by atoms with Crippen molar-refractivity contribution in [2.24, 2.45) is 0 Å². The van der Waals surface area contributed by atoms with E-state index in [2.05, 4.69) is 53.7 Å². The fourth-order valence-electron chi connectivity index (χ4n) is 1.70. The molecule has 0 spiro atoms. The molecule has 0 unspecified atom stereocenters. The van der Waals surface area contributed by atoms with Gasteiger partial charge in [-0.15, -0.1) is 60.7 Å². The minimum Gasteiger partial charge on any atom is -0.269 e. The molecule has 0 fully saturated rings. The zero-order valence-electron chi connectivity index (χ0n) is 12.7. The van der Waals surface area contributed by atoms with Crippen molar-refractivity contribution in [3.63, 3.8) is 0 Å². The van der Waals surface area contributed by atoms with Gasteiger partial charge in [-0.25, -0.2) is 11.1 Å². The maximum atomic E-state index is 3.26. The Labute approximate surface area is 154 Å². The first kappa shape index (κ1) is 24.6. The average Bonchev–Trinajstić information content (AvgIpc) is 2.70. The van der Waals surface area contributed by atoms with E-state index in [-0.39, 0.29) is 55.7 Å². The third kappa shape index (κ3) is 7.27. The first-order valence-corrected chi connectivity index (χ1v) is 5.91. The summed E-state index contributed by atoms with van der Waals surface area (Å²) in [6.07, 6.45) is 8.63. The van der Waals surface area contributed by atoms with Gasteiger partial charge in [0, 0.05) is 0 Å². The van der Waals surface area contributed by atoms with Crippen LogP contribution in [0.5, 0.6) is 0 Å². The summed E-state index contributed by atoms with van der Waals surface area (Å²) >= 11 is 0. The van der Waals surface area contributed by atoms with E-state index >= 15 is 0 Å². The van der Waals surface area contributed by atoms with E-state index in [4.69, 9.17) is 0 Å². The molecule has 0 saturated carbocycles. The average molecular weight is 424 g/mol. The number of hydrogen-bond acceptors (Lipinski definition) is 0. The van der Waals surface area contributed by atoms with Crippen LogP contribution in [0, 0.1) is 12.2 Å². The molecule has 0 atom stereocenters. The molecule has 0 bridgehead atoms. The summed E-state index contributed by atoms with van der Waals surface area (Å²) in [6, 6.07) is 0. The van der Waals surface area contributed by atoms with E-state index in [0.717, 1.165) is 12.8 Å². The van der Waals surface area contributed by atoms with Crippen LogP contribution in [0.4, 0.5) is 0 Å². The van der Waals surface area contributed by atoms with Crippen LogP contribution in [0.3, 0.4) is 0 Å². The molecule has 0 aromatic rings. The second kappa shape index (κ2) is 11.3. The summed E-state index contributed by atoms with van der Waals surface area (Å²) in [6.45, 7) is 12.9. The van der Waals surface area contributed by atoms with Crippen LogP contribution in [-0.2, 0) is 21.7 Å². The van der Waals surface area contributed by atoms with E-state index in [1.165, 1.54) is 33.4 Å². The molecule has 0 nitrogen and oxygen atoms in total. The molecule has 2 rings (SSSR count). The summed E-state index contributed by atoms with van der Waals surface area (Å²) in [5, 5.41) is 0. The van der Waals surface area contributed by atoms with Gasteiger partial charge in [-0.2, -0.15) is 22.3 Å². The Morgan fingerprint density at radius 2 is 0.895 bits per heavy atom. The SMILES string of the molecule is Br.Br.CC1=[C-]CC(C)=C1C.CC1=[C-]CC(C)=C1C.[Ti+2]. The Hall–Kier alpha value is 0.634. The van der Waals surface area contributed by atoms with Crippen LogP contribution in [0.25, 0.3) is 0 Å². The van der Waals surface area contributed by atoms with Crippen LogP contribution in [0.2, 0.25) is 0 Å². The molecule has 0 amide bonds. The fraction of sp³-hybridized carbons (Fsp3) is 0.500. The molecule has 2 aliphatic carbocycles. The maximum absolute atomic E-state index is 3.26. The molecule has 3 heteroatoms. The van der Waals surface area contributed by atoms with Gasteiger partial charge in [0.05, 0.1) is 0 Å². The second-order valence-electron chi connectivity index (χ2n) is 4.77. The predicted molar refractivity (Wildman–Crippen MR) is 91.5 cm³/mol. The monoisotopic (exact) mass is 422 g/mol. The predicted octanol–water partition coefficient (Wildman–Crippen LogP) is 6.11. The van der Waals surface area contributed by atoms with Crippen molar-refractivity contribution >= 4 is 34.0 Å². The first-order valence-electron chi connectivity index (χ1n) is 5.91. The van der Waals surface area contributed by atoms with Gasteiger partial charge in [0.2, 0.25) is 0 Å².